The second kappa shape index (κ2) is 13.8. The van der Waals surface area contributed by atoms with Crippen LogP contribution in [-0.4, -0.2) is 25.7 Å². The average Bonchev–Trinajstić information content (AvgIpc) is 2.83. The Morgan fingerprint density at radius 3 is 1.62 bits per heavy atom. The lowest BCUT2D eigenvalue weighted by Crippen LogP contribution is -2.49. The molecule has 0 aliphatic heterocycles. The highest BCUT2D eigenvalue weighted by Crippen LogP contribution is 2.38. The molecule has 2 aliphatic rings. The molecule has 2 saturated carbocycles. The van der Waals surface area contributed by atoms with Crippen LogP contribution in [0.3, 0.4) is 0 Å². The number of halogens is 4. The molecule has 0 heterocycles. The molecule has 8 heteroatoms. The van der Waals surface area contributed by atoms with Crippen LogP contribution in [-0.2, 0) is 20.7 Å². The third-order valence-corrected chi connectivity index (χ3v) is 7.26. The fourth-order valence-corrected chi connectivity index (χ4v) is 5.37. The lowest BCUT2D eigenvalue weighted by Gasteiger charge is -2.36. The van der Waals surface area contributed by atoms with Gasteiger partial charge in [-0.25, -0.2) is 0 Å². The Bertz CT molecular complexity index is 1060. The van der Waals surface area contributed by atoms with Crippen LogP contribution in [0.5, 0.6) is 0 Å². The molecule has 0 amide bonds. The lowest BCUT2D eigenvalue weighted by molar-refractivity contribution is -0.128. The Morgan fingerprint density at radius 2 is 1.18 bits per heavy atom. The van der Waals surface area contributed by atoms with Gasteiger partial charge >= 0.3 is 0 Å². The number of rotatable bonds is 4. The summed E-state index contributed by atoms with van der Waals surface area (Å²) in [5.41, 5.74) is 0.0306. The van der Waals surface area contributed by atoms with Crippen molar-refractivity contribution in [1.82, 2.24) is 10.6 Å². The number of hydrogen-bond donors (Lipinski definition) is 2. The van der Waals surface area contributed by atoms with Gasteiger partial charge in [-0.3, -0.25) is 9.59 Å². The first kappa shape index (κ1) is 27.4. The summed E-state index contributed by atoms with van der Waals surface area (Å²) >= 11 is 12.4. The van der Waals surface area contributed by atoms with Crippen molar-refractivity contribution in [3.8, 4) is 0 Å². The van der Waals surface area contributed by atoms with Crippen molar-refractivity contribution in [1.29, 1.82) is 0 Å². The van der Waals surface area contributed by atoms with Gasteiger partial charge in [0.15, 0.2) is 11.6 Å². The first-order valence-corrected chi connectivity index (χ1v) is 11.9. The van der Waals surface area contributed by atoms with E-state index in [1.54, 1.807) is 25.2 Å². The number of carbonyl (C=O) groups is 2. The number of hydrogen-bond acceptors (Lipinski definition) is 4. The molecule has 188 valence electrons. The monoisotopic (exact) mass is 548 g/mol. The molecule has 0 radical (unpaired) electrons. The fraction of sp³-hybridized carbons (Fsp3) is 0.462. The third-order valence-electron chi connectivity index (χ3n) is 6.60. The van der Waals surface area contributed by atoms with Gasteiger partial charge in [0.05, 0.1) is 0 Å². The van der Waals surface area contributed by atoms with Crippen molar-refractivity contribution in [2.24, 2.45) is 0 Å². The third kappa shape index (κ3) is 6.16. The molecule has 0 saturated heterocycles. The molecule has 4 rings (SSSR count). The molecule has 2 aromatic rings. The standard InChI is InChI=1S/2C13H16ClNO.2ClH/c2*1-15-13(9-5-4-8-12(13)16)10-6-2-3-7-11(10)14;;/h2*2-3,6-7,15H,4-5,8-9H2,1H3;2*1H/i8D2;;;. The van der Waals surface area contributed by atoms with Crippen molar-refractivity contribution in [2.45, 2.75) is 62.4 Å². The van der Waals surface area contributed by atoms with E-state index in [1.165, 1.54) is 0 Å². The minimum Gasteiger partial charge on any atom is -0.304 e. The predicted molar refractivity (Wildman–Crippen MR) is 146 cm³/mol. The van der Waals surface area contributed by atoms with Crippen molar-refractivity contribution >= 4 is 59.6 Å². The molecule has 2 aromatic carbocycles. The second-order valence-corrected chi connectivity index (χ2v) is 9.07. The molecule has 2 unspecified atom stereocenters. The molecular formula is C26H34Cl4N2O2. The number of ketones is 2. The van der Waals surface area contributed by atoms with Gasteiger partial charge < -0.3 is 10.6 Å². The van der Waals surface area contributed by atoms with E-state index in [4.69, 9.17) is 25.9 Å². The first-order chi connectivity index (χ1) is 16.1. The number of Topliss-reactive ketones (excluding diaryl/α,β-unsaturated/α-hetero) is 2. The summed E-state index contributed by atoms with van der Waals surface area (Å²) in [5, 5.41) is 7.37. The Hall–Kier alpha value is -1.14. The van der Waals surface area contributed by atoms with E-state index < -0.39 is 23.2 Å². The summed E-state index contributed by atoms with van der Waals surface area (Å²) in [4.78, 5) is 24.6. The lowest BCUT2D eigenvalue weighted by atomic mass is 9.75. The summed E-state index contributed by atoms with van der Waals surface area (Å²) in [5.74, 6) is -0.161. The molecule has 2 N–H and O–H groups in total. The average molecular weight is 550 g/mol. The first-order valence-electron chi connectivity index (χ1n) is 12.1. The Labute approximate surface area is 228 Å². The summed E-state index contributed by atoms with van der Waals surface area (Å²) in [6.07, 6.45) is 3.26. The molecule has 4 nitrogen and oxygen atoms in total. The van der Waals surface area contributed by atoms with E-state index >= 15 is 0 Å². The molecule has 0 bridgehead atoms. The van der Waals surface area contributed by atoms with E-state index in [9.17, 15) is 9.59 Å². The van der Waals surface area contributed by atoms with Crippen LogP contribution in [0.2, 0.25) is 10.0 Å². The molecule has 0 spiro atoms. The summed E-state index contributed by atoms with van der Waals surface area (Å²) in [6.45, 7) is 0. The van der Waals surface area contributed by atoms with Crippen LogP contribution in [0.4, 0.5) is 0 Å². The Balaban J connectivity index is 0.000000343. The minimum atomic E-state index is -1.79. The van der Waals surface area contributed by atoms with Gasteiger partial charge in [-0.05, 0) is 63.0 Å². The number of benzene rings is 2. The predicted octanol–water partition coefficient (Wildman–Crippen LogP) is 6.64. The molecule has 34 heavy (non-hydrogen) atoms. The van der Waals surface area contributed by atoms with Crippen LogP contribution >= 0.6 is 48.0 Å². The summed E-state index contributed by atoms with van der Waals surface area (Å²) in [6, 6.07) is 14.8. The van der Waals surface area contributed by atoms with E-state index in [-0.39, 0.29) is 37.0 Å². The Morgan fingerprint density at radius 1 is 0.735 bits per heavy atom. The maximum Gasteiger partial charge on any atom is 0.157 e. The van der Waals surface area contributed by atoms with Gasteiger partial charge in [0.25, 0.3) is 0 Å². The van der Waals surface area contributed by atoms with Crippen LogP contribution < -0.4 is 10.6 Å². The fourth-order valence-electron chi connectivity index (χ4n) is 4.78. The van der Waals surface area contributed by atoms with Crippen molar-refractivity contribution in [3.63, 3.8) is 0 Å². The van der Waals surface area contributed by atoms with Gasteiger partial charge in [-0.2, -0.15) is 0 Å². The highest BCUT2D eigenvalue weighted by atomic mass is 35.5. The zero-order chi connectivity index (χ0) is 25.0. The van der Waals surface area contributed by atoms with E-state index in [1.807, 2.05) is 37.4 Å². The van der Waals surface area contributed by atoms with Crippen LogP contribution in [0.1, 0.15) is 65.2 Å². The molecule has 2 fully saturated rings. The van der Waals surface area contributed by atoms with Crippen molar-refractivity contribution < 1.29 is 12.3 Å². The van der Waals surface area contributed by atoms with Crippen LogP contribution in [0.15, 0.2) is 48.5 Å². The minimum absolute atomic E-state index is 0. The van der Waals surface area contributed by atoms with Crippen LogP contribution in [0, 0.1) is 0 Å². The van der Waals surface area contributed by atoms with E-state index in [2.05, 4.69) is 10.6 Å². The van der Waals surface area contributed by atoms with E-state index in [0.29, 0.717) is 34.9 Å². The second-order valence-electron chi connectivity index (χ2n) is 8.26. The Kier molecular flexibility index (Phi) is 11.2. The van der Waals surface area contributed by atoms with Crippen molar-refractivity contribution in [3.05, 3.63) is 69.7 Å². The van der Waals surface area contributed by atoms with Gasteiger partial charge in [-0.1, -0.05) is 72.4 Å². The molecule has 2 aliphatic carbocycles. The summed E-state index contributed by atoms with van der Waals surface area (Å²) < 4.78 is 15.7. The van der Waals surface area contributed by atoms with Gasteiger partial charge in [0, 0.05) is 25.6 Å². The SMILES string of the molecule is CNC1(c2ccccc2Cl)CCCCC1=O.Cl.Cl.[2H]C1([2H])CCCC(NC)(c2ccccc2Cl)C1=O. The molecular weight excluding hydrogens is 514 g/mol. The zero-order valence-corrected chi connectivity index (χ0v) is 22.6. The van der Waals surface area contributed by atoms with E-state index in [0.717, 1.165) is 24.8 Å². The smallest absolute Gasteiger partial charge is 0.157 e. The summed E-state index contributed by atoms with van der Waals surface area (Å²) in [7, 11) is 3.52. The topological polar surface area (TPSA) is 58.2 Å². The molecule has 2 atom stereocenters. The highest BCUT2D eigenvalue weighted by Gasteiger charge is 2.42. The molecule has 0 aromatic heterocycles. The normalized spacial score (nSPS) is 26.6. The van der Waals surface area contributed by atoms with Gasteiger partial charge in [-0.15, -0.1) is 24.8 Å². The van der Waals surface area contributed by atoms with Gasteiger partial charge in [0.1, 0.15) is 11.1 Å². The quantitative estimate of drug-likeness (QED) is 0.448. The van der Waals surface area contributed by atoms with Gasteiger partial charge in [0.2, 0.25) is 0 Å². The highest BCUT2D eigenvalue weighted by molar-refractivity contribution is 6.32. The largest absolute Gasteiger partial charge is 0.304 e. The number of carbonyl (C=O) groups excluding carboxylic acids is 2. The number of nitrogens with one attached hydrogen (secondary N) is 2. The number of likely N-dealkylation sites (N-methyl/N-ethyl adjacent to an activating group) is 2. The maximum atomic E-state index is 12.5. The zero-order valence-electron chi connectivity index (χ0n) is 21.5. The van der Waals surface area contributed by atoms with Crippen molar-refractivity contribution in [2.75, 3.05) is 14.1 Å². The maximum absolute atomic E-state index is 12.5. The van der Waals surface area contributed by atoms with Crippen LogP contribution in [0.25, 0.3) is 0 Å².